The van der Waals surface area contributed by atoms with Crippen LogP contribution in [-0.2, 0) is 9.84 Å². The third-order valence-electron chi connectivity index (χ3n) is 2.55. The normalized spacial score (nSPS) is 11.5. The van der Waals surface area contributed by atoms with Crippen LogP contribution in [0.5, 0.6) is 5.88 Å². The molecule has 2 rings (SSSR count). The Morgan fingerprint density at radius 2 is 1.75 bits per heavy atom. The molecule has 2 aromatic rings. The molecule has 0 amide bonds. The van der Waals surface area contributed by atoms with E-state index in [-0.39, 0.29) is 10.6 Å². The van der Waals surface area contributed by atoms with Crippen molar-refractivity contribution in [3.63, 3.8) is 0 Å². The van der Waals surface area contributed by atoms with Crippen LogP contribution >= 0.6 is 0 Å². The summed E-state index contributed by atoms with van der Waals surface area (Å²) in [6.07, 6.45) is 1.01. The fraction of sp³-hybridized carbons (Fsp3) is 0.0909. The first-order valence-electron chi connectivity index (χ1n) is 5.26. The molecule has 2 N–H and O–H groups in total. The number of aromatic amines is 1. The molecule has 7 nitrogen and oxygen atoms in total. The molecule has 1 aromatic heterocycles. The zero-order valence-corrected chi connectivity index (χ0v) is 10.9. The van der Waals surface area contributed by atoms with Crippen molar-refractivity contribution >= 4 is 9.84 Å². The van der Waals surface area contributed by atoms with Crippen LogP contribution in [0, 0.1) is 5.82 Å². The number of hydrogen-bond acceptors (Lipinski definition) is 5. The van der Waals surface area contributed by atoms with E-state index in [1.54, 1.807) is 4.98 Å². The van der Waals surface area contributed by atoms with E-state index in [4.69, 9.17) is 0 Å². The SMILES string of the molecule is CS(=O)(=O)c1ccc(-n2c(O)c(F)c(=O)[nH]c2=O)cc1. The van der Waals surface area contributed by atoms with Gasteiger partial charge in [-0.3, -0.25) is 9.78 Å². The number of nitrogens with one attached hydrogen (secondary N) is 1. The minimum Gasteiger partial charge on any atom is -0.492 e. The molecule has 0 atom stereocenters. The van der Waals surface area contributed by atoms with Gasteiger partial charge in [-0.1, -0.05) is 0 Å². The van der Waals surface area contributed by atoms with Crippen molar-refractivity contribution in [2.75, 3.05) is 6.26 Å². The summed E-state index contributed by atoms with van der Waals surface area (Å²) in [6.45, 7) is 0. The van der Waals surface area contributed by atoms with Crippen LogP contribution < -0.4 is 11.2 Å². The van der Waals surface area contributed by atoms with Gasteiger partial charge in [0.25, 0.3) is 5.56 Å². The molecule has 1 heterocycles. The largest absolute Gasteiger partial charge is 0.492 e. The van der Waals surface area contributed by atoms with Crippen molar-refractivity contribution < 1.29 is 17.9 Å². The number of hydrogen-bond donors (Lipinski definition) is 2. The highest BCUT2D eigenvalue weighted by molar-refractivity contribution is 7.90. The lowest BCUT2D eigenvalue weighted by atomic mass is 10.3. The summed E-state index contributed by atoms with van der Waals surface area (Å²) >= 11 is 0. The van der Waals surface area contributed by atoms with Gasteiger partial charge < -0.3 is 5.11 Å². The number of sulfone groups is 1. The van der Waals surface area contributed by atoms with Gasteiger partial charge in [0.05, 0.1) is 10.6 Å². The zero-order chi connectivity index (χ0) is 15.1. The smallest absolute Gasteiger partial charge is 0.335 e. The quantitative estimate of drug-likeness (QED) is 0.796. The molecule has 0 bridgehead atoms. The van der Waals surface area contributed by atoms with Crippen LogP contribution in [0.1, 0.15) is 0 Å². The molecule has 0 unspecified atom stereocenters. The molecule has 0 saturated heterocycles. The van der Waals surface area contributed by atoms with Crippen LogP contribution in [0.3, 0.4) is 0 Å². The molecule has 0 aliphatic rings. The van der Waals surface area contributed by atoms with Crippen LogP contribution in [-0.4, -0.2) is 29.3 Å². The third-order valence-corrected chi connectivity index (χ3v) is 3.68. The third kappa shape index (κ3) is 2.35. The monoisotopic (exact) mass is 300 g/mol. The minimum atomic E-state index is -3.42. The van der Waals surface area contributed by atoms with Crippen molar-refractivity contribution in [2.45, 2.75) is 4.90 Å². The Hall–Kier alpha value is -2.42. The summed E-state index contributed by atoms with van der Waals surface area (Å²) < 4.78 is 36.4. The highest BCUT2D eigenvalue weighted by atomic mass is 32.2. The number of halogens is 1. The van der Waals surface area contributed by atoms with Crippen LogP contribution in [0.25, 0.3) is 5.69 Å². The number of aromatic nitrogens is 2. The maximum atomic E-state index is 13.3. The standard InChI is InChI=1S/C11H9FN2O5S/c1-20(18,19)7-4-2-6(3-5-7)14-10(16)8(12)9(15)13-11(14)17/h2-5,16H,1H3,(H,13,15,17). The molecule has 0 saturated carbocycles. The topological polar surface area (TPSA) is 109 Å². The summed E-state index contributed by atoms with van der Waals surface area (Å²) in [7, 11) is -3.42. The molecular formula is C11H9FN2O5S. The Morgan fingerprint density at radius 1 is 1.20 bits per heavy atom. The summed E-state index contributed by atoms with van der Waals surface area (Å²) in [5, 5.41) is 9.49. The van der Waals surface area contributed by atoms with Crippen LogP contribution in [0.2, 0.25) is 0 Å². The van der Waals surface area contributed by atoms with E-state index in [1.165, 1.54) is 24.3 Å². The van der Waals surface area contributed by atoms with Gasteiger partial charge in [0.2, 0.25) is 11.7 Å². The Morgan fingerprint density at radius 3 is 2.25 bits per heavy atom. The predicted octanol–water partition coefficient (Wildman–Crippen LogP) is -0.226. The summed E-state index contributed by atoms with van der Waals surface area (Å²) in [5.41, 5.74) is -2.37. The fourth-order valence-electron chi connectivity index (χ4n) is 1.59. The van der Waals surface area contributed by atoms with Crippen molar-refractivity contribution in [3.8, 4) is 11.6 Å². The number of benzene rings is 1. The highest BCUT2D eigenvalue weighted by Crippen LogP contribution is 2.17. The Balaban J connectivity index is 2.68. The van der Waals surface area contributed by atoms with Gasteiger partial charge in [-0.2, -0.15) is 4.39 Å². The van der Waals surface area contributed by atoms with Gasteiger partial charge >= 0.3 is 5.69 Å². The van der Waals surface area contributed by atoms with E-state index in [9.17, 15) is 27.5 Å². The van der Waals surface area contributed by atoms with Gasteiger partial charge in [0.15, 0.2) is 9.84 Å². The van der Waals surface area contributed by atoms with Gasteiger partial charge in [0.1, 0.15) is 0 Å². The van der Waals surface area contributed by atoms with Gasteiger partial charge in [-0.25, -0.2) is 17.8 Å². The number of aromatic hydroxyl groups is 1. The zero-order valence-electron chi connectivity index (χ0n) is 10.1. The Bertz CT molecular complexity index is 881. The van der Waals surface area contributed by atoms with Crippen LogP contribution in [0.15, 0.2) is 38.8 Å². The Kier molecular flexibility index (Phi) is 3.22. The average molecular weight is 300 g/mol. The van der Waals surface area contributed by atoms with Crippen molar-refractivity contribution in [1.29, 1.82) is 0 Å². The van der Waals surface area contributed by atoms with Crippen LogP contribution in [0.4, 0.5) is 4.39 Å². The summed E-state index contributed by atoms with van der Waals surface area (Å²) in [6, 6.07) is 4.80. The lowest BCUT2D eigenvalue weighted by Crippen LogP contribution is -2.30. The molecule has 9 heteroatoms. The molecular weight excluding hydrogens is 291 g/mol. The fourth-order valence-corrected chi connectivity index (χ4v) is 2.22. The molecule has 0 aliphatic heterocycles. The first-order chi connectivity index (χ1) is 9.21. The number of rotatable bonds is 2. The lowest BCUT2D eigenvalue weighted by Gasteiger charge is -2.08. The van der Waals surface area contributed by atoms with Crippen molar-refractivity contribution in [2.24, 2.45) is 0 Å². The predicted molar refractivity (Wildman–Crippen MR) is 67.4 cm³/mol. The molecule has 0 radical (unpaired) electrons. The number of nitrogens with zero attached hydrogens (tertiary/aromatic N) is 1. The molecule has 0 fully saturated rings. The molecule has 0 aliphatic carbocycles. The second-order valence-corrected chi connectivity index (χ2v) is 6.01. The molecule has 20 heavy (non-hydrogen) atoms. The minimum absolute atomic E-state index is 0.00122. The van der Waals surface area contributed by atoms with Gasteiger partial charge in [-0.15, -0.1) is 0 Å². The maximum Gasteiger partial charge on any atom is 0.335 e. The lowest BCUT2D eigenvalue weighted by molar-refractivity contribution is 0.386. The highest BCUT2D eigenvalue weighted by Gasteiger charge is 2.15. The molecule has 106 valence electrons. The maximum absolute atomic E-state index is 13.3. The first kappa shape index (κ1) is 14.0. The molecule has 1 aromatic carbocycles. The second kappa shape index (κ2) is 4.60. The van der Waals surface area contributed by atoms with E-state index in [0.29, 0.717) is 4.57 Å². The van der Waals surface area contributed by atoms with E-state index >= 15 is 0 Å². The van der Waals surface area contributed by atoms with Crippen molar-refractivity contribution in [3.05, 3.63) is 50.9 Å². The van der Waals surface area contributed by atoms with E-state index in [2.05, 4.69) is 0 Å². The Labute approximate surface area is 111 Å². The summed E-state index contributed by atoms with van der Waals surface area (Å²) in [4.78, 5) is 24.2. The van der Waals surface area contributed by atoms with Crippen molar-refractivity contribution in [1.82, 2.24) is 9.55 Å². The van der Waals surface area contributed by atoms with E-state index in [0.717, 1.165) is 6.26 Å². The molecule has 0 spiro atoms. The average Bonchev–Trinajstić information content (AvgIpc) is 2.36. The first-order valence-corrected chi connectivity index (χ1v) is 7.15. The van der Waals surface area contributed by atoms with Gasteiger partial charge in [0, 0.05) is 6.26 Å². The number of H-pyrrole nitrogens is 1. The summed E-state index contributed by atoms with van der Waals surface area (Å²) in [5.74, 6) is -2.65. The second-order valence-electron chi connectivity index (χ2n) is 4.00. The van der Waals surface area contributed by atoms with E-state index < -0.39 is 32.8 Å². The van der Waals surface area contributed by atoms with E-state index in [1.807, 2.05) is 0 Å². The van der Waals surface area contributed by atoms with Gasteiger partial charge in [-0.05, 0) is 24.3 Å².